The number of carbonyl (C=O) groups is 2. The van der Waals surface area contributed by atoms with Crippen LogP contribution in [-0.2, 0) is 4.79 Å². The predicted octanol–water partition coefficient (Wildman–Crippen LogP) is 4.51. The average molecular weight is 439 g/mol. The van der Waals surface area contributed by atoms with Crippen LogP contribution in [0.2, 0.25) is 0 Å². The summed E-state index contributed by atoms with van der Waals surface area (Å²) >= 11 is 0. The molecule has 1 heterocycles. The van der Waals surface area contributed by atoms with Crippen molar-refractivity contribution >= 4 is 28.3 Å². The van der Waals surface area contributed by atoms with Crippen molar-refractivity contribution in [3.05, 3.63) is 58.4 Å². The molecule has 0 aliphatic carbocycles. The summed E-state index contributed by atoms with van der Waals surface area (Å²) < 4.78 is 5.32. The molecule has 3 aromatic rings. The number of para-hydroxylation sites is 1. The van der Waals surface area contributed by atoms with Crippen molar-refractivity contribution in [1.82, 2.24) is 5.32 Å². The first-order chi connectivity index (χ1) is 15.1. The van der Waals surface area contributed by atoms with Gasteiger partial charge in [-0.3, -0.25) is 9.59 Å². The highest BCUT2D eigenvalue weighted by Crippen LogP contribution is 2.32. The minimum absolute atomic E-state index is 0.0224. The molecule has 0 saturated carbocycles. The normalized spacial score (nSPS) is 10.9. The quantitative estimate of drug-likeness (QED) is 0.504. The maximum Gasteiger partial charge on any atom is 0.351 e. The molecule has 7 nitrogen and oxygen atoms in total. The van der Waals surface area contributed by atoms with Crippen LogP contribution in [0, 0.1) is 5.41 Å². The van der Waals surface area contributed by atoms with Gasteiger partial charge in [-0.25, -0.2) is 4.79 Å². The summed E-state index contributed by atoms with van der Waals surface area (Å²) in [6.07, 6.45) is 0.296. The molecule has 0 saturated heterocycles. The minimum Gasteiger partial charge on any atom is -0.507 e. The van der Waals surface area contributed by atoms with Gasteiger partial charge in [-0.1, -0.05) is 58.9 Å². The van der Waals surface area contributed by atoms with Gasteiger partial charge in [-0.15, -0.1) is 0 Å². The van der Waals surface area contributed by atoms with Crippen molar-refractivity contribution in [1.29, 1.82) is 0 Å². The van der Waals surface area contributed by atoms with Gasteiger partial charge in [-0.2, -0.15) is 0 Å². The van der Waals surface area contributed by atoms with E-state index < -0.39 is 11.5 Å². The number of carbonyl (C=O) groups excluding carboxylic acids is 2. The zero-order chi connectivity index (χ0) is 24.1. The van der Waals surface area contributed by atoms with E-state index in [4.69, 9.17) is 10.2 Å². The number of ketones is 1. The van der Waals surface area contributed by atoms with Gasteiger partial charge in [0.05, 0.1) is 12.2 Å². The number of hydrogen-bond donors (Lipinski definition) is 3. The molecule has 170 valence electrons. The number of aromatic hydroxyl groups is 1. The Morgan fingerprint density at radius 3 is 2.38 bits per heavy atom. The first-order valence-electron chi connectivity index (χ1n) is 10.5. The molecule has 0 bridgehead atoms. The van der Waals surface area contributed by atoms with Crippen molar-refractivity contribution in [2.24, 2.45) is 5.41 Å². The Morgan fingerprint density at radius 2 is 1.75 bits per heavy atom. The molecule has 2 aromatic carbocycles. The lowest BCUT2D eigenvalue weighted by Crippen LogP contribution is -2.34. The Balaban J connectivity index is 0.00000176. The zero-order valence-corrected chi connectivity index (χ0v) is 19.1. The van der Waals surface area contributed by atoms with Gasteiger partial charge >= 0.3 is 5.63 Å². The van der Waals surface area contributed by atoms with Crippen molar-refractivity contribution in [3.8, 4) is 16.9 Å². The van der Waals surface area contributed by atoms with E-state index in [1.807, 2.05) is 34.6 Å². The van der Waals surface area contributed by atoms with Crippen LogP contribution in [-0.4, -0.2) is 23.3 Å². The van der Waals surface area contributed by atoms with Crippen LogP contribution in [0.4, 0.5) is 5.69 Å². The second-order valence-electron chi connectivity index (χ2n) is 8.37. The average Bonchev–Trinajstić information content (AvgIpc) is 2.72. The molecular formula is C25H30N2O5. The van der Waals surface area contributed by atoms with Crippen LogP contribution in [0.5, 0.6) is 5.75 Å². The smallest absolute Gasteiger partial charge is 0.351 e. The van der Waals surface area contributed by atoms with Gasteiger partial charge in [0.25, 0.3) is 5.91 Å². The van der Waals surface area contributed by atoms with E-state index in [2.05, 4.69) is 5.32 Å². The molecule has 0 radical (unpaired) electrons. The summed E-state index contributed by atoms with van der Waals surface area (Å²) in [7, 11) is 0. The van der Waals surface area contributed by atoms with Gasteiger partial charge in [0.15, 0.2) is 5.78 Å². The van der Waals surface area contributed by atoms with Crippen LogP contribution >= 0.6 is 0 Å². The molecule has 0 spiro atoms. The molecule has 0 aliphatic rings. The number of hydrogen-bond acceptors (Lipinski definition) is 6. The maximum absolute atomic E-state index is 12.5. The van der Waals surface area contributed by atoms with E-state index in [0.717, 1.165) is 0 Å². The molecule has 1 amide bonds. The number of anilines is 1. The number of phenols is 1. The lowest BCUT2D eigenvalue weighted by atomic mass is 9.90. The highest BCUT2D eigenvalue weighted by Gasteiger charge is 2.22. The monoisotopic (exact) mass is 438 g/mol. The number of nitrogen functional groups attached to an aromatic ring is 1. The fourth-order valence-corrected chi connectivity index (χ4v) is 3.25. The number of phenolic OH excluding ortho intramolecular Hbond substituents is 1. The van der Waals surface area contributed by atoms with Gasteiger partial charge in [0.2, 0.25) is 0 Å². The predicted molar refractivity (Wildman–Crippen MR) is 127 cm³/mol. The van der Waals surface area contributed by atoms with Crippen LogP contribution in [0.3, 0.4) is 0 Å². The number of nitrogens with one attached hydrogen (secondary N) is 1. The summed E-state index contributed by atoms with van der Waals surface area (Å²) in [5, 5.41) is 12.9. The maximum atomic E-state index is 12.5. The molecule has 4 N–H and O–H groups in total. The molecule has 0 atom stereocenters. The van der Waals surface area contributed by atoms with Crippen LogP contribution < -0.4 is 16.7 Å². The van der Waals surface area contributed by atoms with Crippen molar-refractivity contribution in [2.45, 2.75) is 41.0 Å². The van der Waals surface area contributed by atoms with E-state index in [0.29, 0.717) is 22.9 Å². The molecule has 1 aromatic heterocycles. The second kappa shape index (κ2) is 10.1. The standard InChI is InChI=1S/C23H24N2O5.C2H6/c1-23(2,3)11-14(26)12-25-21(28)19-20(24)16-9-8-13(10-18(16)30-22(19)29)15-6-4-5-7-17(15)27;1-2/h4-10,27H,11-12,24H2,1-3H3,(H,25,28);1-2H3. The summed E-state index contributed by atoms with van der Waals surface area (Å²) in [4.78, 5) is 36.9. The zero-order valence-electron chi connectivity index (χ0n) is 19.1. The van der Waals surface area contributed by atoms with E-state index in [9.17, 15) is 19.5 Å². The van der Waals surface area contributed by atoms with Gasteiger partial charge in [0.1, 0.15) is 16.9 Å². The van der Waals surface area contributed by atoms with E-state index in [-0.39, 0.29) is 40.3 Å². The van der Waals surface area contributed by atoms with Crippen LogP contribution in [0.15, 0.2) is 51.7 Å². The van der Waals surface area contributed by atoms with Crippen molar-refractivity contribution < 1.29 is 19.1 Å². The number of benzene rings is 2. The highest BCUT2D eigenvalue weighted by atomic mass is 16.4. The Hall–Kier alpha value is -3.61. The third-order valence-corrected chi connectivity index (χ3v) is 4.56. The van der Waals surface area contributed by atoms with Crippen LogP contribution in [0.25, 0.3) is 22.1 Å². The van der Waals surface area contributed by atoms with Gasteiger partial charge in [-0.05, 0) is 29.2 Å². The molecule has 32 heavy (non-hydrogen) atoms. The third kappa shape index (κ3) is 5.75. The number of nitrogens with two attached hydrogens (primary N) is 1. The van der Waals surface area contributed by atoms with E-state index in [1.54, 1.807) is 42.5 Å². The summed E-state index contributed by atoms with van der Waals surface area (Å²) in [5.41, 5.74) is 6.04. The van der Waals surface area contributed by atoms with Gasteiger partial charge in [0, 0.05) is 17.4 Å². The van der Waals surface area contributed by atoms with Crippen molar-refractivity contribution in [2.75, 3.05) is 12.3 Å². The minimum atomic E-state index is -0.893. The lowest BCUT2D eigenvalue weighted by Gasteiger charge is -2.17. The number of fused-ring (bicyclic) bond motifs is 1. The summed E-state index contributed by atoms with van der Waals surface area (Å²) in [6, 6.07) is 11.7. The highest BCUT2D eigenvalue weighted by molar-refractivity contribution is 6.06. The number of Topliss-reactive ketones (excluding diaryl/α,β-unsaturated/α-hetero) is 1. The van der Waals surface area contributed by atoms with Crippen molar-refractivity contribution in [3.63, 3.8) is 0 Å². The molecule has 0 unspecified atom stereocenters. The summed E-state index contributed by atoms with van der Waals surface area (Å²) in [6.45, 7) is 9.57. The first-order valence-corrected chi connectivity index (χ1v) is 10.5. The van der Waals surface area contributed by atoms with E-state index in [1.165, 1.54) is 0 Å². The third-order valence-electron chi connectivity index (χ3n) is 4.56. The topological polar surface area (TPSA) is 123 Å². The largest absolute Gasteiger partial charge is 0.507 e. The summed E-state index contributed by atoms with van der Waals surface area (Å²) in [5.74, 6) is -0.815. The molecule has 3 rings (SSSR count). The fraction of sp³-hybridized carbons (Fsp3) is 0.320. The van der Waals surface area contributed by atoms with Crippen LogP contribution in [0.1, 0.15) is 51.4 Å². The first kappa shape index (κ1) is 24.7. The Bertz CT molecular complexity index is 1190. The Kier molecular flexibility index (Phi) is 7.81. The Labute approximate surface area is 187 Å². The number of rotatable bonds is 5. The molecule has 0 aliphatic heterocycles. The van der Waals surface area contributed by atoms with Gasteiger partial charge < -0.3 is 20.6 Å². The molecule has 7 heteroatoms. The second-order valence-corrected chi connectivity index (χ2v) is 8.37. The van der Waals surface area contributed by atoms with E-state index >= 15 is 0 Å². The fourth-order valence-electron chi connectivity index (χ4n) is 3.25. The molecule has 0 fully saturated rings. The lowest BCUT2D eigenvalue weighted by molar-refractivity contribution is -0.119. The Morgan fingerprint density at radius 1 is 1.09 bits per heavy atom. The SMILES string of the molecule is CC.CC(C)(C)CC(=O)CNC(=O)c1c(N)c2ccc(-c3ccccc3O)cc2oc1=O. The number of amides is 1. The molecular weight excluding hydrogens is 408 g/mol.